The molecule has 13 nitrogen and oxygen atoms in total. The monoisotopic (exact) mass is 816 g/mol. The van der Waals surface area contributed by atoms with Crippen LogP contribution in [0.2, 0.25) is 0 Å². The topological polar surface area (TPSA) is 159 Å². The Morgan fingerprint density at radius 3 is 0.810 bits per heavy atom. The Labute approximate surface area is 361 Å². The summed E-state index contributed by atoms with van der Waals surface area (Å²) < 4.78 is 29.1. The average Bonchev–Trinajstić information content (AvgIpc) is 3.32. The third-order valence-electron chi connectivity index (χ3n) is 8.43. The highest BCUT2D eigenvalue weighted by Crippen LogP contribution is 2.37. The predicted molar refractivity (Wildman–Crippen MR) is 229 cm³/mol. The first kappa shape index (κ1) is 42.1. The number of hydrogen-bond acceptors (Lipinski definition) is 9. The summed E-state index contributed by atoms with van der Waals surface area (Å²) in [4.78, 5) is 13.3. The number of ether oxygens (including phenoxy) is 5. The zero-order valence-corrected chi connectivity index (χ0v) is 32.5. The van der Waals surface area contributed by atoms with Gasteiger partial charge in [-0.15, -0.1) is 0 Å². The number of nitrogens with zero attached hydrogens (tertiary/aromatic N) is 8. The largest absolute Gasteiger partial charge is 0.459 e. The van der Waals surface area contributed by atoms with Crippen LogP contribution in [-0.2, 0) is 0 Å². The zero-order chi connectivity index (χ0) is 44.6. The molecule has 0 N–H and O–H groups in total. The van der Waals surface area contributed by atoms with Crippen molar-refractivity contribution in [3.8, 4) is 81.8 Å². The quantitative estimate of drug-likeness (QED) is 0.122. The lowest BCUT2D eigenvalue weighted by atomic mass is 10.1. The molecule has 0 saturated heterocycles. The molecular formula is C50H24N8O5. The van der Waals surface area contributed by atoms with Crippen molar-refractivity contribution in [3.05, 3.63) is 214 Å². The van der Waals surface area contributed by atoms with E-state index in [0.29, 0.717) is 57.5 Å². The van der Waals surface area contributed by atoms with Crippen LogP contribution in [0.5, 0.6) is 57.5 Å². The van der Waals surface area contributed by atoms with Gasteiger partial charge in [0.25, 0.3) is 0 Å². The molecule has 13 heteroatoms. The summed E-state index contributed by atoms with van der Waals surface area (Å²) >= 11 is 0. The zero-order valence-electron chi connectivity index (χ0n) is 32.5. The van der Waals surface area contributed by atoms with Gasteiger partial charge < -0.3 is 23.7 Å². The van der Waals surface area contributed by atoms with Gasteiger partial charge in [0.15, 0.2) is 22.7 Å². The average molecular weight is 817 g/mol. The summed E-state index contributed by atoms with van der Waals surface area (Å²) in [6.07, 6.45) is 0. The Morgan fingerprint density at radius 1 is 0.286 bits per heavy atom. The molecule has 0 aliphatic carbocycles. The SMILES string of the molecule is [C-]#[N+]c1ccc(Oc2cccc(Oc3ccc(C#N)c(C#N)c3)c2)cc1[N+]#[C-].[C-]#[N+]c1ccc(Oc2cccc(Oc3cccc(Oc4ccc(C#N)c(C#N)c4)c3)c2)cc1[N+]#[C-]. The fourth-order valence-corrected chi connectivity index (χ4v) is 5.54. The molecule has 0 saturated carbocycles. The van der Waals surface area contributed by atoms with Gasteiger partial charge in [-0.1, -0.05) is 30.3 Å². The van der Waals surface area contributed by atoms with E-state index in [1.807, 2.05) is 24.3 Å². The Morgan fingerprint density at radius 2 is 0.540 bits per heavy atom. The summed E-state index contributed by atoms with van der Waals surface area (Å²) in [7, 11) is 0. The Hall–Kier alpha value is -10.5. The maximum Gasteiger partial charge on any atom is 0.198 e. The second-order valence-corrected chi connectivity index (χ2v) is 12.5. The molecule has 0 heterocycles. The molecule has 7 aromatic carbocycles. The molecule has 0 radical (unpaired) electrons. The fourth-order valence-electron chi connectivity index (χ4n) is 5.54. The van der Waals surface area contributed by atoms with E-state index in [1.54, 1.807) is 103 Å². The molecule has 7 rings (SSSR count). The van der Waals surface area contributed by atoms with Crippen LogP contribution in [0.25, 0.3) is 19.4 Å². The first-order valence-electron chi connectivity index (χ1n) is 18.1. The van der Waals surface area contributed by atoms with E-state index >= 15 is 0 Å². The van der Waals surface area contributed by atoms with Crippen LogP contribution >= 0.6 is 0 Å². The molecule has 0 aromatic heterocycles. The second kappa shape index (κ2) is 20.2. The Bertz CT molecular complexity index is 3020. The molecule has 0 unspecified atom stereocenters. The smallest absolute Gasteiger partial charge is 0.198 e. The van der Waals surface area contributed by atoms with E-state index in [2.05, 4.69) is 19.4 Å². The summed E-state index contributed by atoms with van der Waals surface area (Å²) in [5, 5.41) is 36.4. The first-order valence-corrected chi connectivity index (χ1v) is 18.1. The lowest BCUT2D eigenvalue weighted by molar-refractivity contribution is 0.451. The lowest BCUT2D eigenvalue weighted by Gasteiger charge is -2.11. The second-order valence-electron chi connectivity index (χ2n) is 12.5. The summed E-state index contributed by atoms with van der Waals surface area (Å²) in [6.45, 7) is 28.5. The van der Waals surface area contributed by atoms with E-state index in [0.717, 1.165) is 0 Å². The van der Waals surface area contributed by atoms with Crippen molar-refractivity contribution in [2.24, 2.45) is 0 Å². The van der Waals surface area contributed by atoms with Crippen molar-refractivity contribution in [1.29, 1.82) is 21.0 Å². The molecular weight excluding hydrogens is 793 g/mol. The summed E-state index contributed by atoms with van der Waals surface area (Å²) in [5.74, 6) is 4.72. The highest BCUT2D eigenvalue weighted by Gasteiger charge is 2.11. The maximum absolute atomic E-state index is 9.20. The summed E-state index contributed by atoms with van der Waals surface area (Å²) in [5.41, 5.74) is 2.04. The maximum atomic E-state index is 9.20. The number of benzene rings is 7. The Balaban J connectivity index is 0.000000215. The van der Waals surface area contributed by atoms with E-state index in [-0.39, 0.29) is 45.0 Å². The molecule has 0 aliphatic heterocycles. The van der Waals surface area contributed by atoms with Gasteiger partial charge >= 0.3 is 0 Å². The van der Waals surface area contributed by atoms with Gasteiger partial charge in [-0.05, 0) is 97.1 Å². The van der Waals surface area contributed by atoms with Crippen molar-refractivity contribution < 1.29 is 23.7 Å². The molecule has 0 atom stereocenters. The predicted octanol–water partition coefficient (Wildman–Crippen LogP) is 14.0. The highest BCUT2D eigenvalue weighted by molar-refractivity contribution is 5.73. The standard InChI is InChI=1S/C28H14N4O3.C22H10N4O2/c1-31-27-12-11-26(16-28(27)32-2)35-24-8-4-6-22(15-24)33-21-5-3-7-23(14-21)34-25-10-9-19(17-29)20(13-25)18-30;1-25-21-9-8-20(12-22(21)26-2)28-18-5-3-4-17(11-18)27-19-7-6-15(13-23)16(10-19)14-24/h3-16H;3-12H. The molecule has 0 spiro atoms. The minimum atomic E-state index is 0.224. The van der Waals surface area contributed by atoms with E-state index in [9.17, 15) is 5.26 Å². The minimum Gasteiger partial charge on any atom is -0.459 e. The molecule has 0 aliphatic rings. The van der Waals surface area contributed by atoms with E-state index < -0.39 is 0 Å². The molecule has 0 amide bonds. The van der Waals surface area contributed by atoms with Crippen LogP contribution in [0.4, 0.5) is 22.7 Å². The fraction of sp³-hybridized carbons (Fsp3) is 0. The van der Waals surface area contributed by atoms with Crippen molar-refractivity contribution in [3.63, 3.8) is 0 Å². The van der Waals surface area contributed by atoms with Crippen LogP contribution < -0.4 is 23.7 Å². The highest BCUT2D eigenvalue weighted by atomic mass is 16.5. The molecule has 0 fully saturated rings. The lowest BCUT2D eigenvalue weighted by Crippen LogP contribution is -1.90. The summed E-state index contributed by atoms with van der Waals surface area (Å²) in [6, 6.07) is 47.4. The number of nitriles is 4. The third-order valence-corrected chi connectivity index (χ3v) is 8.43. The van der Waals surface area contributed by atoms with Crippen LogP contribution in [-0.4, -0.2) is 0 Å². The minimum absolute atomic E-state index is 0.224. The van der Waals surface area contributed by atoms with E-state index in [1.165, 1.54) is 42.5 Å². The van der Waals surface area contributed by atoms with Gasteiger partial charge in [0.2, 0.25) is 0 Å². The van der Waals surface area contributed by atoms with Gasteiger partial charge in [0.1, 0.15) is 81.8 Å². The van der Waals surface area contributed by atoms with Crippen molar-refractivity contribution in [2.45, 2.75) is 0 Å². The van der Waals surface area contributed by atoms with Gasteiger partial charge in [-0.3, -0.25) is 9.69 Å². The number of hydrogen-bond donors (Lipinski definition) is 0. The molecule has 7 aromatic rings. The van der Waals surface area contributed by atoms with Gasteiger partial charge in [0.05, 0.1) is 48.5 Å². The molecule has 0 bridgehead atoms. The number of rotatable bonds is 10. The van der Waals surface area contributed by atoms with Crippen LogP contribution in [0.15, 0.2) is 146 Å². The van der Waals surface area contributed by atoms with Crippen LogP contribution in [0, 0.1) is 71.6 Å². The first-order chi connectivity index (χ1) is 30.8. The van der Waals surface area contributed by atoms with Crippen molar-refractivity contribution in [1.82, 2.24) is 0 Å². The third kappa shape index (κ3) is 10.9. The van der Waals surface area contributed by atoms with Gasteiger partial charge in [0, 0.05) is 18.2 Å². The normalized spacial score (nSPS) is 9.46. The van der Waals surface area contributed by atoms with Crippen LogP contribution in [0.3, 0.4) is 0 Å². The van der Waals surface area contributed by atoms with Crippen molar-refractivity contribution in [2.75, 3.05) is 0 Å². The van der Waals surface area contributed by atoms with Gasteiger partial charge in [-0.25, -0.2) is 9.69 Å². The Kier molecular flexibility index (Phi) is 13.5. The molecule has 294 valence electrons. The van der Waals surface area contributed by atoms with Gasteiger partial charge in [-0.2, -0.15) is 21.0 Å². The van der Waals surface area contributed by atoms with Crippen LogP contribution in [0.1, 0.15) is 22.3 Å². The van der Waals surface area contributed by atoms with Crippen molar-refractivity contribution >= 4 is 22.7 Å². The van der Waals surface area contributed by atoms with E-state index in [4.69, 9.17) is 65.8 Å². The molecule has 63 heavy (non-hydrogen) atoms.